The number of nitrogen functional groups attached to an aromatic ring is 1. The fourth-order valence-electron chi connectivity index (χ4n) is 2.24. The van der Waals surface area contributed by atoms with Gasteiger partial charge in [-0.05, 0) is 6.07 Å². The molecule has 1 aliphatic heterocycles. The maximum Gasteiger partial charge on any atom is 0.149 e. The van der Waals surface area contributed by atoms with Crippen molar-refractivity contribution in [2.75, 3.05) is 38.6 Å². The Morgan fingerprint density at radius 2 is 2.06 bits per heavy atom. The van der Waals surface area contributed by atoms with Crippen LogP contribution in [-0.2, 0) is 0 Å². The second-order valence-electron chi connectivity index (χ2n) is 4.35. The number of alkyl halides is 1. The Bertz CT molecular complexity index is 422. The summed E-state index contributed by atoms with van der Waals surface area (Å²) in [6, 6.07) is 1.98. The number of aromatic hydroxyl groups is 1. The standard InChI is InChI=1S/C12H17F2N3O/c13-7-10(17-5-3-16-4-6-17)8-1-2-9(14)11(15)12(8)18/h1-2,10,16,18H,3-7,15H2/t10-/m1/s1. The number of phenols is 1. The van der Waals surface area contributed by atoms with Gasteiger partial charge in [0.15, 0.2) is 0 Å². The van der Waals surface area contributed by atoms with Crippen molar-refractivity contribution in [2.24, 2.45) is 0 Å². The van der Waals surface area contributed by atoms with E-state index in [4.69, 9.17) is 5.73 Å². The van der Waals surface area contributed by atoms with Crippen LogP contribution >= 0.6 is 0 Å². The molecule has 0 unspecified atom stereocenters. The third-order valence-corrected chi connectivity index (χ3v) is 3.29. The van der Waals surface area contributed by atoms with Gasteiger partial charge in [0.2, 0.25) is 0 Å². The zero-order valence-corrected chi connectivity index (χ0v) is 10.00. The second-order valence-corrected chi connectivity index (χ2v) is 4.35. The topological polar surface area (TPSA) is 61.5 Å². The van der Waals surface area contributed by atoms with E-state index < -0.39 is 18.5 Å². The molecule has 0 bridgehead atoms. The third kappa shape index (κ3) is 2.39. The average molecular weight is 257 g/mol. The van der Waals surface area contributed by atoms with Crippen molar-refractivity contribution in [1.29, 1.82) is 0 Å². The molecule has 4 nitrogen and oxygen atoms in total. The molecule has 1 saturated heterocycles. The predicted octanol–water partition coefficient (Wildman–Crippen LogP) is 1.03. The quantitative estimate of drug-likeness (QED) is 0.559. The fraction of sp³-hybridized carbons (Fsp3) is 0.500. The number of anilines is 1. The van der Waals surface area contributed by atoms with Crippen LogP contribution in [0, 0.1) is 5.82 Å². The maximum absolute atomic E-state index is 13.2. The van der Waals surface area contributed by atoms with Crippen molar-refractivity contribution < 1.29 is 13.9 Å². The largest absolute Gasteiger partial charge is 0.505 e. The number of nitrogens with two attached hydrogens (primary N) is 1. The van der Waals surface area contributed by atoms with Gasteiger partial charge in [-0.25, -0.2) is 8.78 Å². The number of phenolic OH excluding ortho intramolecular Hbond substituents is 1. The van der Waals surface area contributed by atoms with Gasteiger partial charge < -0.3 is 16.2 Å². The van der Waals surface area contributed by atoms with Gasteiger partial charge in [-0.1, -0.05) is 6.07 Å². The number of piperazine rings is 1. The van der Waals surface area contributed by atoms with E-state index in [1.54, 1.807) is 0 Å². The molecule has 1 fully saturated rings. The lowest BCUT2D eigenvalue weighted by Crippen LogP contribution is -2.45. The first-order valence-electron chi connectivity index (χ1n) is 5.92. The molecular weight excluding hydrogens is 240 g/mol. The smallest absolute Gasteiger partial charge is 0.149 e. The van der Waals surface area contributed by atoms with Crippen LogP contribution in [0.1, 0.15) is 11.6 Å². The summed E-state index contributed by atoms with van der Waals surface area (Å²) in [5, 5.41) is 13.0. The Morgan fingerprint density at radius 1 is 1.39 bits per heavy atom. The lowest BCUT2D eigenvalue weighted by molar-refractivity contribution is 0.145. The minimum absolute atomic E-state index is 0.318. The number of rotatable bonds is 3. The molecule has 100 valence electrons. The highest BCUT2D eigenvalue weighted by Crippen LogP contribution is 2.35. The number of nitrogens with zero attached hydrogens (tertiary/aromatic N) is 1. The minimum atomic E-state index is -0.686. The summed E-state index contributed by atoms with van der Waals surface area (Å²) in [6.45, 7) is 2.27. The molecule has 2 rings (SSSR count). The van der Waals surface area contributed by atoms with Crippen LogP contribution in [-0.4, -0.2) is 42.9 Å². The molecule has 1 aromatic carbocycles. The van der Waals surface area contributed by atoms with Crippen molar-refractivity contribution in [3.8, 4) is 5.75 Å². The monoisotopic (exact) mass is 257 g/mol. The van der Waals surface area contributed by atoms with Gasteiger partial charge >= 0.3 is 0 Å². The van der Waals surface area contributed by atoms with E-state index in [2.05, 4.69) is 5.32 Å². The van der Waals surface area contributed by atoms with E-state index >= 15 is 0 Å². The van der Waals surface area contributed by atoms with Crippen LogP contribution in [0.5, 0.6) is 5.75 Å². The minimum Gasteiger partial charge on any atom is -0.505 e. The van der Waals surface area contributed by atoms with Crippen LogP contribution in [0.2, 0.25) is 0 Å². The van der Waals surface area contributed by atoms with Crippen LogP contribution in [0.15, 0.2) is 12.1 Å². The number of hydrogen-bond acceptors (Lipinski definition) is 4. The summed E-state index contributed by atoms with van der Waals surface area (Å²) >= 11 is 0. The molecule has 0 radical (unpaired) electrons. The van der Waals surface area contributed by atoms with Crippen molar-refractivity contribution in [3.63, 3.8) is 0 Å². The summed E-state index contributed by atoms with van der Waals surface area (Å²) in [7, 11) is 0. The molecule has 0 saturated carbocycles. The summed E-state index contributed by atoms with van der Waals surface area (Å²) < 4.78 is 26.4. The first-order chi connectivity index (χ1) is 8.65. The summed E-state index contributed by atoms with van der Waals surface area (Å²) in [5.74, 6) is -1.04. The third-order valence-electron chi connectivity index (χ3n) is 3.29. The van der Waals surface area contributed by atoms with Gasteiger partial charge in [0.1, 0.15) is 23.9 Å². The molecule has 0 spiro atoms. The van der Waals surface area contributed by atoms with Crippen molar-refractivity contribution in [1.82, 2.24) is 10.2 Å². The zero-order valence-electron chi connectivity index (χ0n) is 10.00. The van der Waals surface area contributed by atoms with E-state index in [0.717, 1.165) is 19.2 Å². The molecule has 6 heteroatoms. The molecule has 0 aliphatic carbocycles. The van der Waals surface area contributed by atoms with Gasteiger partial charge in [0.25, 0.3) is 0 Å². The van der Waals surface area contributed by atoms with Gasteiger partial charge in [-0.3, -0.25) is 4.90 Å². The fourth-order valence-corrected chi connectivity index (χ4v) is 2.24. The van der Waals surface area contributed by atoms with E-state index in [1.165, 1.54) is 6.07 Å². The van der Waals surface area contributed by atoms with Gasteiger partial charge in [0.05, 0.1) is 6.04 Å². The number of hydrogen-bond donors (Lipinski definition) is 3. The highest BCUT2D eigenvalue weighted by Gasteiger charge is 2.25. The summed E-state index contributed by atoms with van der Waals surface area (Å²) in [5.41, 5.74) is 5.45. The first-order valence-corrected chi connectivity index (χ1v) is 5.92. The molecular formula is C12H17F2N3O. The van der Waals surface area contributed by atoms with Crippen LogP contribution in [0.25, 0.3) is 0 Å². The highest BCUT2D eigenvalue weighted by atomic mass is 19.1. The first kappa shape index (κ1) is 13.0. The lowest BCUT2D eigenvalue weighted by atomic mass is 10.0. The van der Waals surface area contributed by atoms with Crippen molar-refractivity contribution in [2.45, 2.75) is 6.04 Å². The molecule has 1 aromatic rings. The lowest BCUT2D eigenvalue weighted by Gasteiger charge is -2.34. The van der Waals surface area contributed by atoms with E-state index in [1.807, 2.05) is 4.90 Å². The maximum atomic E-state index is 13.2. The van der Waals surface area contributed by atoms with Gasteiger partial charge in [0, 0.05) is 31.7 Å². The Hall–Kier alpha value is -1.40. The Labute approximate surface area is 104 Å². The molecule has 4 N–H and O–H groups in total. The highest BCUT2D eigenvalue weighted by molar-refractivity contribution is 5.57. The average Bonchev–Trinajstić information content (AvgIpc) is 2.41. The van der Waals surface area contributed by atoms with E-state index in [0.29, 0.717) is 18.7 Å². The predicted molar refractivity (Wildman–Crippen MR) is 65.6 cm³/mol. The zero-order chi connectivity index (χ0) is 13.1. The van der Waals surface area contributed by atoms with E-state index in [-0.39, 0.29) is 11.4 Å². The number of benzene rings is 1. The SMILES string of the molecule is Nc1c(F)ccc([C@@H](CF)N2CCNCC2)c1O. The molecule has 1 aliphatic rings. The van der Waals surface area contributed by atoms with Crippen molar-refractivity contribution >= 4 is 5.69 Å². The van der Waals surface area contributed by atoms with Crippen LogP contribution in [0.3, 0.4) is 0 Å². The Balaban J connectivity index is 2.29. The molecule has 18 heavy (non-hydrogen) atoms. The van der Waals surface area contributed by atoms with Gasteiger partial charge in [-0.15, -0.1) is 0 Å². The van der Waals surface area contributed by atoms with Crippen LogP contribution in [0.4, 0.5) is 14.5 Å². The summed E-state index contributed by atoms with van der Waals surface area (Å²) in [4.78, 5) is 1.92. The second kappa shape index (κ2) is 5.49. The Morgan fingerprint density at radius 3 is 2.67 bits per heavy atom. The van der Waals surface area contributed by atoms with Crippen molar-refractivity contribution in [3.05, 3.63) is 23.5 Å². The molecule has 1 heterocycles. The normalized spacial score (nSPS) is 18.8. The number of halogens is 2. The molecule has 0 amide bonds. The summed E-state index contributed by atoms with van der Waals surface area (Å²) in [6.07, 6.45) is 0. The number of nitrogens with one attached hydrogen (secondary N) is 1. The molecule has 0 aromatic heterocycles. The van der Waals surface area contributed by atoms with Gasteiger partial charge in [-0.2, -0.15) is 0 Å². The van der Waals surface area contributed by atoms with E-state index in [9.17, 15) is 13.9 Å². The molecule has 1 atom stereocenters. The Kier molecular flexibility index (Phi) is 3.98. The van der Waals surface area contributed by atoms with Crippen LogP contribution < -0.4 is 11.1 Å².